The van der Waals surface area contributed by atoms with Crippen LogP contribution in [0.25, 0.3) is 0 Å². The molecule has 0 aromatic rings. The lowest BCUT2D eigenvalue weighted by molar-refractivity contribution is -0.134. The van der Waals surface area contributed by atoms with Gasteiger partial charge in [0.15, 0.2) is 0 Å². The predicted octanol–water partition coefficient (Wildman–Crippen LogP) is 2.26. The molecule has 0 saturated heterocycles. The van der Waals surface area contributed by atoms with E-state index < -0.39 is 0 Å². The summed E-state index contributed by atoms with van der Waals surface area (Å²) in [6.07, 6.45) is 5.87. The highest BCUT2D eigenvalue weighted by Gasteiger charge is 2.23. The van der Waals surface area contributed by atoms with E-state index >= 15 is 0 Å². The molecule has 2 nitrogen and oxygen atoms in total. The largest absolute Gasteiger partial charge is 0.344 e. The first-order valence-electron chi connectivity index (χ1n) is 5.06. The van der Waals surface area contributed by atoms with Crippen molar-refractivity contribution in [2.24, 2.45) is 5.92 Å². The first kappa shape index (κ1) is 10.8. The molecular formula is C10H18ClNO. The van der Waals surface area contributed by atoms with Crippen molar-refractivity contribution in [3.63, 3.8) is 0 Å². The second kappa shape index (κ2) is 5.48. The summed E-state index contributed by atoms with van der Waals surface area (Å²) in [6.45, 7) is 0.677. The molecule has 0 radical (unpaired) electrons. The van der Waals surface area contributed by atoms with Crippen molar-refractivity contribution in [1.82, 2.24) is 4.90 Å². The summed E-state index contributed by atoms with van der Waals surface area (Å²) in [6, 6.07) is 0. The van der Waals surface area contributed by atoms with E-state index in [0.717, 1.165) is 12.8 Å². The van der Waals surface area contributed by atoms with Crippen LogP contribution in [0.1, 0.15) is 32.1 Å². The predicted molar refractivity (Wildman–Crippen MR) is 54.9 cm³/mol. The number of halogens is 1. The Hall–Kier alpha value is -0.240. The van der Waals surface area contributed by atoms with Crippen molar-refractivity contribution in [1.29, 1.82) is 0 Å². The summed E-state index contributed by atoms with van der Waals surface area (Å²) in [5.41, 5.74) is 0. The molecule has 76 valence electrons. The highest BCUT2D eigenvalue weighted by Crippen LogP contribution is 2.24. The first-order chi connectivity index (χ1) is 6.25. The molecule has 0 unspecified atom stereocenters. The van der Waals surface area contributed by atoms with Crippen LogP contribution < -0.4 is 0 Å². The second-order valence-corrected chi connectivity index (χ2v) is 4.16. The third-order valence-electron chi connectivity index (χ3n) is 2.75. The highest BCUT2D eigenvalue weighted by atomic mass is 35.5. The standard InChI is InChI=1S/C10H18ClNO/c1-12(8-7-11)10(13)9-5-3-2-4-6-9/h9H,2-8H2,1H3. The van der Waals surface area contributed by atoms with Crippen LogP contribution in [0.2, 0.25) is 0 Å². The van der Waals surface area contributed by atoms with Gasteiger partial charge in [0.05, 0.1) is 0 Å². The van der Waals surface area contributed by atoms with Gasteiger partial charge in [-0.2, -0.15) is 0 Å². The third kappa shape index (κ3) is 3.18. The van der Waals surface area contributed by atoms with Crippen LogP contribution in [0, 0.1) is 5.92 Å². The van der Waals surface area contributed by atoms with E-state index in [-0.39, 0.29) is 5.92 Å². The van der Waals surface area contributed by atoms with Crippen LogP contribution in [0.3, 0.4) is 0 Å². The molecule has 0 heterocycles. The topological polar surface area (TPSA) is 20.3 Å². The van der Waals surface area contributed by atoms with Gasteiger partial charge in [0.2, 0.25) is 5.91 Å². The maximum absolute atomic E-state index is 11.8. The molecule has 0 aromatic heterocycles. The Morgan fingerprint density at radius 1 is 1.38 bits per heavy atom. The molecule has 1 saturated carbocycles. The van der Waals surface area contributed by atoms with Crippen LogP contribution in [0.5, 0.6) is 0 Å². The third-order valence-corrected chi connectivity index (χ3v) is 2.92. The van der Waals surface area contributed by atoms with Gasteiger partial charge >= 0.3 is 0 Å². The van der Waals surface area contributed by atoms with Crippen molar-refractivity contribution >= 4 is 17.5 Å². The van der Waals surface area contributed by atoms with Crippen molar-refractivity contribution in [3.05, 3.63) is 0 Å². The zero-order valence-electron chi connectivity index (χ0n) is 8.26. The van der Waals surface area contributed by atoms with Gasteiger partial charge in [0.1, 0.15) is 0 Å². The molecule has 0 bridgehead atoms. The Kier molecular flexibility index (Phi) is 4.57. The maximum atomic E-state index is 11.8. The van der Waals surface area contributed by atoms with Gasteiger partial charge in [-0.1, -0.05) is 19.3 Å². The fourth-order valence-electron chi connectivity index (χ4n) is 1.90. The van der Waals surface area contributed by atoms with E-state index in [2.05, 4.69) is 0 Å². The Morgan fingerprint density at radius 2 is 2.00 bits per heavy atom. The van der Waals surface area contributed by atoms with Gasteiger partial charge in [-0.25, -0.2) is 0 Å². The molecule has 1 rings (SSSR count). The molecule has 1 fully saturated rings. The quantitative estimate of drug-likeness (QED) is 0.645. The van der Waals surface area contributed by atoms with Gasteiger partial charge in [-0.3, -0.25) is 4.79 Å². The second-order valence-electron chi connectivity index (χ2n) is 3.78. The SMILES string of the molecule is CN(CCCl)C(=O)C1CCCCC1. The van der Waals surface area contributed by atoms with Crippen LogP contribution >= 0.6 is 11.6 Å². The number of carbonyl (C=O) groups is 1. The van der Waals surface area contributed by atoms with Gasteiger partial charge in [-0.05, 0) is 12.8 Å². The molecule has 1 aliphatic carbocycles. The molecule has 0 aromatic carbocycles. The number of hydrogen-bond donors (Lipinski definition) is 0. The smallest absolute Gasteiger partial charge is 0.225 e. The number of rotatable bonds is 3. The van der Waals surface area contributed by atoms with E-state index in [9.17, 15) is 4.79 Å². The molecule has 0 spiro atoms. The minimum absolute atomic E-state index is 0.280. The number of carbonyl (C=O) groups excluding carboxylic acids is 1. The molecule has 1 amide bonds. The van der Waals surface area contributed by atoms with Crippen molar-refractivity contribution in [3.8, 4) is 0 Å². The van der Waals surface area contributed by atoms with Gasteiger partial charge in [0.25, 0.3) is 0 Å². The maximum Gasteiger partial charge on any atom is 0.225 e. The van der Waals surface area contributed by atoms with E-state index in [1.165, 1.54) is 19.3 Å². The van der Waals surface area contributed by atoms with E-state index in [0.29, 0.717) is 18.3 Å². The fourth-order valence-corrected chi connectivity index (χ4v) is 2.15. The minimum atomic E-state index is 0.280. The van der Waals surface area contributed by atoms with Crippen molar-refractivity contribution in [2.75, 3.05) is 19.5 Å². The van der Waals surface area contributed by atoms with Gasteiger partial charge in [0, 0.05) is 25.4 Å². The Bertz CT molecular complexity index is 166. The van der Waals surface area contributed by atoms with Gasteiger partial charge < -0.3 is 4.90 Å². The van der Waals surface area contributed by atoms with E-state index in [1.807, 2.05) is 7.05 Å². The number of hydrogen-bond acceptors (Lipinski definition) is 1. The number of nitrogens with zero attached hydrogens (tertiary/aromatic N) is 1. The lowest BCUT2D eigenvalue weighted by Gasteiger charge is -2.25. The monoisotopic (exact) mass is 203 g/mol. The molecule has 13 heavy (non-hydrogen) atoms. The average Bonchev–Trinajstić information content (AvgIpc) is 2.18. The van der Waals surface area contributed by atoms with E-state index in [4.69, 9.17) is 11.6 Å². The summed E-state index contributed by atoms with van der Waals surface area (Å²) in [5, 5.41) is 0. The zero-order valence-corrected chi connectivity index (χ0v) is 9.02. The van der Waals surface area contributed by atoms with Crippen LogP contribution in [0.15, 0.2) is 0 Å². The average molecular weight is 204 g/mol. The minimum Gasteiger partial charge on any atom is -0.344 e. The molecule has 3 heteroatoms. The molecular weight excluding hydrogens is 186 g/mol. The normalized spacial score (nSPS) is 18.6. The summed E-state index contributed by atoms with van der Waals surface area (Å²) < 4.78 is 0. The molecule has 0 aliphatic heterocycles. The molecule has 1 aliphatic rings. The first-order valence-corrected chi connectivity index (χ1v) is 5.60. The van der Waals surface area contributed by atoms with Crippen LogP contribution in [0.4, 0.5) is 0 Å². The molecule has 0 N–H and O–H groups in total. The Morgan fingerprint density at radius 3 is 2.54 bits per heavy atom. The van der Waals surface area contributed by atoms with Crippen LogP contribution in [-0.4, -0.2) is 30.3 Å². The Labute approximate surface area is 85.2 Å². The molecule has 0 atom stereocenters. The Balaban J connectivity index is 2.36. The zero-order chi connectivity index (χ0) is 9.68. The number of amides is 1. The lowest BCUT2D eigenvalue weighted by atomic mass is 9.88. The van der Waals surface area contributed by atoms with Crippen molar-refractivity contribution < 1.29 is 4.79 Å². The van der Waals surface area contributed by atoms with Crippen molar-refractivity contribution in [2.45, 2.75) is 32.1 Å². The van der Waals surface area contributed by atoms with Gasteiger partial charge in [-0.15, -0.1) is 11.6 Å². The summed E-state index contributed by atoms with van der Waals surface area (Å²) in [4.78, 5) is 13.5. The summed E-state index contributed by atoms with van der Waals surface area (Å²) in [5.74, 6) is 1.11. The fraction of sp³-hybridized carbons (Fsp3) is 0.900. The van der Waals surface area contributed by atoms with E-state index in [1.54, 1.807) is 4.90 Å². The summed E-state index contributed by atoms with van der Waals surface area (Å²) >= 11 is 5.59. The summed E-state index contributed by atoms with van der Waals surface area (Å²) in [7, 11) is 1.85. The van der Waals surface area contributed by atoms with Crippen LogP contribution in [-0.2, 0) is 4.79 Å². The number of alkyl halides is 1. The highest BCUT2D eigenvalue weighted by molar-refractivity contribution is 6.18. The lowest BCUT2D eigenvalue weighted by Crippen LogP contribution is -2.35.